The van der Waals surface area contributed by atoms with E-state index in [0.717, 1.165) is 5.75 Å². The molecule has 0 aliphatic rings. The van der Waals surface area contributed by atoms with Crippen molar-refractivity contribution in [1.82, 2.24) is 10.2 Å². The summed E-state index contributed by atoms with van der Waals surface area (Å²) in [7, 11) is 0. The summed E-state index contributed by atoms with van der Waals surface area (Å²) >= 11 is 3.08. The average Bonchev–Trinajstić information content (AvgIpc) is 3.08. The molecule has 3 aromatic rings. The van der Waals surface area contributed by atoms with Gasteiger partial charge in [0.05, 0.1) is 0 Å². The first-order valence-electron chi connectivity index (χ1n) is 7.06. The highest BCUT2D eigenvalue weighted by atomic mass is 32.2. The van der Waals surface area contributed by atoms with Crippen LogP contribution >= 0.6 is 23.1 Å². The molecule has 0 saturated heterocycles. The highest BCUT2D eigenvalue weighted by Gasteiger charge is 2.07. The maximum Gasteiger partial charge on any atom is 0.257 e. The predicted octanol–water partition coefficient (Wildman–Crippen LogP) is 4.39. The Kier molecular flexibility index (Phi) is 5.05. The largest absolute Gasteiger partial charge is 0.296 e. The van der Waals surface area contributed by atoms with Gasteiger partial charge in [-0.2, -0.15) is 0 Å². The molecular formula is C17H15N3OS2. The summed E-state index contributed by atoms with van der Waals surface area (Å²) in [6.07, 6.45) is 0. The zero-order chi connectivity index (χ0) is 16.1. The maximum atomic E-state index is 12.1. The van der Waals surface area contributed by atoms with Crippen LogP contribution in [0, 0.1) is 6.92 Å². The van der Waals surface area contributed by atoms with Crippen LogP contribution in [0.3, 0.4) is 0 Å². The second-order valence-electron chi connectivity index (χ2n) is 5.00. The van der Waals surface area contributed by atoms with Gasteiger partial charge in [0, 0.05) is 16.2 Å². The van der Waals surface area contributed by atoms with E-state index in [9.17, 15) is 4.79 Å². The Labute approximate surface area is 143 Å². The summed E-state index contributed by atoms with van der Waals surface area (Å²) in [6.45, 7) is 2.08. The van der Waals surface area contributed by atoms with Crippen molar-refractivity contribution in [2.75, 3.05) is 5.32 Å². The Balaban J connectivity index is 1.58. The van der Waals surface area contributed by atoms with Gasteiger partial charge in [-0.25, -0.2) is 0 Å². The highest BCUT2D eigenvalue weighted by molar-refractivity contribution is 7.98. The Morgan fingerprint density at radius 2 is 1.87 bits per heavy atom. The molecule has 1 heterocycles. The van der Waals surface area contributed by atoms with Gasteiger partial charge in [-0.05, 0) is 36.8 Å². The number of hydrogen-bond donors (Lipinski definition) is 1. The van der Waals surface area contributed by atoms with E-state index in [1.54, 1.807) is 17.3 Å². The van der Waals surface area contributed by atoms with Crippen molar-refractivity contribution in [2.24, 2.45) is 0 Å². The molecular weight excluding hydrogens is 326 g/mol. The summed E-state index contributed by atoms with van der Waals surface area (Å²) in [6, 6.07) is 16.1. The van der Waals surface area contributed by atoms with Crippen LogP contribution in [0.15, 0.2) is 58.9 Å². The number of nitrogens with zero attached hydrogens (tertiary/aromatic N) is 2. The zero-order valence-corrected chi connectivity index (χ0v) is 14.2. The summed E-state index contributed by atoms with van der Waals surface area (Å²) in [5.41, 5.74) is 4.65. The quantitative estimate of drug-likeness (QED) is 0.699. The predicted molar refractivity (Wildman–Crippen MR) is 95.0 cm³/mol. The molecule has 1 amide bonds. The van der Waals surface area contributed by atoms with Crippen molar-refractivity contribution in [3.63, 3.8) is 0 Å². The molecule has 0 fully saturated rings. The van der Waals surface area contributed by atoms with Gasteiger partial charge < -0.3 is 0 Å². The van der Waals surface area contributed by atoms with Crippen molar-refractivity contribution in [3.8, 4) is 0 Å². The number of rotatable bonds is 5. The van der Waals surface area contributed by atoms with Crippen LogP contribution in [0.5, 0.6) is 0 Å². The van der Waals surface area contributed by atoms with Crippen LogP contribution in [0.25, 0.3) is 0 Å². The molecule has 0 radical (unpaired) electrons. The second-order valence-corrected chi connectivity index (χ2v) is 6.88. The summed E-state index contributed by atoms with van der Waals surface area (Å²) < 4.78 is 0. The maximum absolute atomic E-state index is 12.1. The van der Waals surface area contributed by atoms with E-state index >= 15 is 0 Å². The van der Waals surface area contributed by atoms with E-state index in [-0.39, 0.29) is 5.91 Å². The van der Waals surface area contributed by atoms with Gasteiger partial charge in [0.25, 0.3) is 5.91 Å². The molecule has 0 aliphatic carbocycles. The molecule has 116 valence electrons. The van der Waals surface area contributed by atoms with Crippen molar-refractivity contribution in [1.29, 1.82) is 0 Å². The SMILES string of the molecule is Cc1ccc(SCc2ccc(C(=O)Nc3nncs3)cc2)cc1. The second kappa shape index (κ2) is 7.39. The number of carbonyl (C=O) groups is 1. The van der Waals surface area contributed by atoms with Crippen molar-refractivity contribution in [3.05, 3.63) is 70.7 Å². The van der Waals surface area contributed by atoms with Crippen LogP contribution < -0.4 is 5.32 Å². The molecule has 0 atom stereocenters. The fraction of sp³-hybridized carbons (Fsp3) is 0.118. The summed E-state index contributed by atoms with van der Waals surface area (Å²) in [4.78, 5) is 13.3. The fourth-order valence-electron chi connectivity index (χ4n) is 1.95. The molecule has 4 nitrogen and oxygen atoms in total. The first-order valence-corrected chi connectivity index (χ1v) is 8.93. The van der Waals surface area contributed by atoms with E-state index < -0.39 is 0 Å². The smallest absolute Gasteiger partial charge is 0.257 e. The van der Waals surface area contributed by atoms with E-state index in [0.29, 0.717) is 10.7 Å². The molecule has 0 aliphatic heterocycles. The minimum absolute atomic E-state index is 0.167. The lowest BCUT2D eigenvalue weighted by Gasteiger charge is -2.05. The Morgan fingerprint density at radius 1 is 1.13 bits per heavy atom. The van der Waals surface area contributed by atoms with Crippen LogP contribution in [0.4, 0.5) is 5.13 Å². The zero-order valence-electron chi connectivity index (χ0n) is 12.5. The molecule has 0 unspecified atom stereocenters. The third-order valence-electron chi connectivity index (χ3n) is 3.22. The molecule has 23 heavy (non-hydrogen) atoms. The molecule has 1 aromatic heterocycles. The standard InChI is InChI=1S/C17H15N3OS2/c1-12-2-8-15(9-3-12)22-10-13-4-6-14(7-5-13)16(21)19-17-20-18-11-23-17/h2-9,11H,10H2,1H3,(H,19,20,21). The fourth-order valence-corrected chi connectivity index (χ4v) is 3.24. The molecule has 2 aromatic carbocycles. The first-order chi connectivity index (χ1) is 11.2. The van der Waals surface area contributed by atoms with Crippen LogP contribution in [-0.2, 0) is 5.75 Å². The topological polar surface area (TPSA) is 54.9 Å². The summed E-state index contributed by atoms with van der Waals surface area (Å²) in [5.74, 6) is 0.709. The van der Waals surface area contributed by atoms with Crippen molar-refractivity contribution >= 4 is 34.1 Å². The van der Waals surface area contributed by atoms with Gasteiger partial charge in [0.2, 0.25) is 5.13 Å². The van der Waals surface area contributed by atoms with Crippen molar-refractivity contribution in [2.45, 2.75) is 17.6 Å². The van der Waals surface area contributed by atoms with Gasteiger partial charge in [-0.1, -0.05) is 41.2 Å². The normalized spacial score (nSPS) is 10.5. The Morgan fingerprint density at radius 3 is 2.52 bits per heavy atom. The van der Waals surface area contributed by atoms with Gasteiger partial charge in [0.15, 0.2) is 0 Å². The Hall–Kier alpha value is -2.18. The number of anilines is 1. The van der Waals surface area contributed by atoms with Gasteiger partial charge in [0.1, 0.15) is 5.51 Å². The lowest BCUT2D eigenvalue weighted by atomic mass is 10.1. The number of thioether (sulfide) groups is 1. The monoisotopic (exact) mass is 341 g/mol. The van der Waals surface area contributed by atoms with Crippen LogP contribution in [0.2, 0.25) is 0 Å². The minimum atomic E-state index is -0.167. The van der Waals surface area contributed by atoms with Crippen LogP contribution in [-0.4, -0.2) is 16.1 Å². The Bertz CT molecular complexity index is 769. The van der Waals surface area contributed by atoms with Gasteiger partial charge >= 0.3 is 0 Å². The minimum Gasteiger partial charge on any atom is -0.296 e. The lowest BCUT2D eigenvalue weighted by molar-refractivity contribution is 0.102. The number of nitrogens with one attached hydrogen (secondary N) is 1. The number of hydrogen-bond acceptors (Lipinski definition) is 5. The van der Waals surface area contributed by atoms with Crippen LogP contribution in [0.1, 0.15) is 21.5 Å². The number of aryl methyl sites for hydroxylation is 1. The number of amides is 1. The molecule has 0 saturated carbocycles. The number of carbonyl (C=O) groups excluding carboxylic acids is 1. The number of benzene rings is 2. The van der Waals surface area contributed by atoms with E-state index in [2.05, 4.69) is 46.7 Å². The molecule has 1 N–H and O–H groups in total. The van der Waals surface area contributed by atoms with E-state index in [1.807, 2.05) is 24.3 Å². The molecule has 3 rings (SSSR count). The molecule has 0 bridgehead atoms. The summed E-state index contributed by atoms with van der Waals surface area (Å²) in [5, 5.41) is 10.7. The van der Waals surface area contributed by atoms with E-state index in [4.69, 9.17) is 0 Å². The third-order valence-corrected chi connectivity index (χ3v) is 4.91. The van der Waals surface area contributed by atoms with E-state index in [1.165, 1.54) is 27.4 Å². The van der Waals surface area contributed by atoms with Gasteiger partial charge in [-0.3, -0.25) is 10.1 Å². The molecule has 6 heteroatoms. The van der Waals surface area contributed by atoms with Gasteiger partial charge in [-0.15, -0.1) is 22.0 Å². The highest BCUT2D eigenvalue weighted by Crippen LogP contribution is 2.23. The first kappa shape index (κ1) is 15.7. The van der Waals surface area contributed by atoms with Crippen molar-refractivity contribution < 1.29 is 4.79 Å². The number of aromatic nitrogens is 2. The third kappa shape index (κ3) is 4.40. The molecule has 0 spiro atoms. The average molecular weight is 341 g/mol. The lowest BCUT2D eigenvalue weighted by Crippen LogP contribution is -2.11.